The van der Waals surface area contributed by atoms with E-state index in [0.29, 0.717) is 12.2 Å². The van der Waals surface area contributed by atoms with Crippen LogP contribution in [0.25, 0.3) is 0 Å². The van der Waals surface area contributed by atoms with Crippen molar-refractivity contribution in [3.63, 3.8) is 0 Å². The average molecular weight is 449 g/mol. The Morgan fingerprint density at radius 3 is 1.56 bits per heavy atom. The van der Waals surface area contributed by atoms with E-state index in [4.69, 9.17) is 4.74 Å². The molecule has 27 heavy (non-hydrogen) atoms. The number of rotatable bonds is 20. The molecule has 0 aliphatic carbocycles. The topological polar surface area (TPSA) is 38.3 Å². The number of ether oxygens (including phenoxy) is 1. The number of carbonyl (C=O) groups excluding carboxylic acids is 1. The standard InChI is InChI=1S/C23H45NO2.BrH/c1-4-5-6-7-8-9-10-11-12-13-14-15-16-17-18-19-24-20-21-26-23(25)22(2)3;/h24H,2,4-21H2,1,3H3;1H. The van der Waals surface area contributed by atoms with E-state index in [-0.39, 0.29) is 23.0 Å². The molecule has 0 rings (SSSR count). The van der Waals surface area contributed by atoms with E-state index in [1.807, 2.05) is 0 Å². The number of halogens is 1. The van der Waals surface area contributed by atoms with Crippen molar-refractivity contribution >= 4 is 23.0 Å². The van der Waals surface area contributed by atoms with Gasteiger partial charge in [0.2, 0.25) is 0 Å². The predicted octanol–water partition coefficient (Wildman–Crippen LogP) is 7.14. The number of hydrogen-bond donors (Lipinski definition) is 1. The molecule has 0 saturated carbocycles. The van der Waals surface area contributed by atoms with Crippen molar-refractivity contribution in [1.29, 1.82) is 0 Å². The van der Waals surface area contributed by atoms with Crippen molar-refractivity contribution in [2.24, 2.45) is 0 Å². The summed E-state index contributed by atoms with van der Waals surface area (Å²) in [6.45, 7) is 9.70. The SMILES string of the molecule is Br.C=C(C)C(=O)OCCNCCCCCCCCCCCCCCCCC. The lowest BCUT2D eigenvalue weighted by Crippen LogP contribution is -2.22. The summed E-state index contributed by atoms with van der Waals surface area (Å²) in [4.78, 5) is 11.2. The van der Waals surface area contributed by atoms with E-state index in [9.17, 15) is 4.79 Å². The number of esters is 1. The molecular weight excluding hydrogens is 402 g/mol. The fourth-order valence-corrected chi connectivity index (χ4v) is 3.09. The minimum atomic E-state index is -0.293. The van der Waals surface area contributed by atoms with Crippen LogP contribution in [0.4, 0.5) is 0 Å². The van der Waals surface area contributed by atoms with Crippen LogP contribution < -0.4 is 5.32 Å². The van der Waals surface area contributed by atoms with Gasteiger partial charge in [-0.1, -0.05) is 103 Å². The summed E-state index contributed by atoms with van der Waals surface area (Å²) in [7, 11) is 0. The summed E-state index contributed by atoms with van der Waals surface area (Å²) >= 11 is 0. The maximum Gasteiger partial charge on any atom is 0.333 e. The van der Waals surface area contributed by atoms with Crippen molar-refractivity contribution < 1.29 is 9.53 Å². The highest BCUT2D eigenvalue weighted by Crippen LogP contribution is 2.13. The van der Waals surface area contributed by atoms with Gasteiger partial charge in [-0.3, -0.25) is 0 Å². The summed E-state index contributed by atoms with van der Waals surface area (Å²) in [5, 5.41) is 3.32. The zero-order chi connectivity index (χ0) is 19.3. The second kappa shape index (κ2) is 23.7. The van der Waals surface area contributed by atoms with Gasteiger partial charge in [0.1, 0.15) is 6.61 Å². The van der Waals surface area contributed by atoms with Gasteiger partial charge in [0.15, 0.2) is 0 Å². The molecule has 4 heteroatoms. The Balaban J connectivity index is 0. The molecule has 0 spiro atoms. The molecule has 0 aromatic rings. The van der Waals surface area contributed by atoms with Crippen LogP contribution >= 0.6 is 17.0 Å². The van der Waals surface area contributed by atoms with Crippen LogP contribution in [0.5, 0.6) is 0 Å². The summed E-state index contributed by atoms with van der Waals surface area (Å²) in [6.07, 6.45) is 20.9. The van der Waals surface area contributed by atoms with Gasteiger partial charge in [0.05, 0.1) is 0 Å². The van der Waals surface area contributed by atoms with Crippen LogP contribution in [0, 0.1) is 0 Å². The van der Waals surface area contributed by atoms with Crippen molar-refractivity contribution in [2.45, 2.75) is 110 Å². The number of unbranched alkanes of at least 4 members (excludes halogenated alkanes) is 14. The Kier molecular flexibility index (Phi) is 25.3. The van der Waals surface area contributed by atoms with Gasteiger partial charge in [-0.25, -0.2) is 4.79 Å². The Morgan fingerprint density at radius 1 is 0.741 bits per heavy atom. The fourth-order valence-electron chi connectivity index (χ4n) is 3.09. The molecule has 162 valence electrons. The summed E-state index contributed by atoms with van der Waals surface area (Å²) in [5.41, 5.74) is 0.465. The summed E-state index contributed by atoms with van der Waals surface area (Å²) < 4.78 is 5.03. The molecule has 0 atom stereocenters. The quantitative estimate of drug-likeness (QED) is 0.122. The number of carbonyl (C=O) groups is 1. The van der Waals surface area contributed by atoms with E-state index in [2.05, 4.69) is 18.8 Å². The molecule has 0 fully saturated rings. The van der Waals surface area contributed by atoms with Crippen LogP contribution in [0.15, 0.2) is 12.2 Å². The molecule has 0 saturated heterocycles. The van der Waals surface area contributed by atoms with Gasteiger partial charge < -0.3 is 10.1 Å². The molecule has 0 aliphatic rings. The van der Waals surface area contributed by atoms with Crippen LogP contribution in [-0.2, 0) is 9.53 Å². The molecule has 0 heterocycles. The zero-order valence-corrected chi connectivity index (χ0v) is 19.9. The largest absolute Gasteiger partial charge is 0.461 e. The second-order valence-corrected chi connectivity index (χ2v) is 7.62. The molecule has 0 amide bonds. The maximum atomic E-state index is 11.2. The second-order valence-electron chi connectivity index (χ2n) is 7.62. The van der Waals surface area contributed by atoms with Gasteiger partial charge in [0.25, 0.3) is 0 Å². The third-order valence-electron chi connectivity index (χ3n) is 4.82. The minimum Gasteiger partial charge on any atom is -0.461 e. The van der Waals surface area contributed by atoms with Crippen LogP contribution in [0.3, 0.4) is 0 Å². The van der Waals surface area contributed by atoms with Crippen LogP contribution in [0.1, 0.15) is 110 Å². The molecule has 3 nitrogen and oxygen atoms in total. The normalized spacial score (nSPS) is 10.4. The van der Waals surface area contributed by atoms with Crippen LogP contribution in [0.2, 0.25) is 0 Å². The summed E-state index contributed by atoms with van der Waals surface area (Å²) in [5.74, 6) is -0.293. The molecule has 0 radical (unpaired) electrons. The van der Waals surface area contributed by atoms with E-state index in [1.54, 1.807) is 6.92 Å². The summed E-state index contributed by atoms with van der Waals surface area (Å²) in [6, 6.07) is 0. The van der Waals surface area contributed by atoms with E-state index < -0.39 is 0 Å². The first-order chi connectivity index (χ1) is 12.7. The third-order valence-corrected chi connectivity index (χ3v) is 4.82. The maximum absolute atomic E-state index is 11.2. The van der Waals surface area contributed by atoms with E-state index in [0.717, 1.165) is 13.1 Å². The highest BCUT2D eigenvalue weighted by molar-refractivity contribution is 8.93. The molecular formula is C23H46BrNO2. The highest BCUT2D eigenvalue weighted by atomic mass is 79.9. The predicted molar refractivity (Wildman–Crippen MR) is 124 cm³/mol. The smallest absolute Gasteiger partial charge is 0.333 e. The molecule has 0 aliphatic heterocycles. The van der Waals surface area contributed by atoms with Crippen molar-refractivity contribution in [1.82, 2.24) is 5.32 Å². The first-order valence-corrected chi connectivity index (χ1v) is 11.2. The van der Waals surface area contributed by atoms with E-state index in [1.165, 1.54) is 96.3 Å². The van der Waals surface area contributed by atoms with Crippen molar-refractivity contribution in [3.8, 4) is 0 Å². The Labute approximate surface area is 179 Å². The van der Waals surface area contributed by atoms with Crippen LogP contribution in [-0.4, -0.2) is 25.7 Å². The lowest BCUT2D eigenvalue weighted by Gasteiger charge is -2.06. The zero-order valence-electron chi connectivity index (χ0n) is 18.2. The molecule has 0 bridgehead atoms. The Bertz CT molecular complexity index is 334. The number of nitrogens with one attached hydrogen (secondary N) is 1. The van der Waals surface area contributed by atoms with E-state index >= 15 is 0 Å². The van der Waals surface area contributed by atoms with Gasteiger partial charge in [-0.05, 0) is 19.9 Å². The first kappa shape index (κ1) is 28.9. The fraction of sp³-hybridized carbons (Fsp3) is 0.870. The van der Waals surface area contributed by atoms with Gasteiger partial charge in [0, 0.05) is 12.1 Å². The highest BCUT2D eigenvalue weighted by Gasteiger charge is 2.01. The lowest BCUT2D eigenvalue weighted by molar-refractivity contribution is -0.138. The Hall–Kier alpha value is -0.350. The van der Waals surface area contributed by atoms with Gasteiger partial charge >= 0.3 is 5.97 Å². The third kappa shape index (κ3) is 23.6. The molecule has 1 N–H and O–H groups in total. The van der Waals surface area contributed by atoms with Gasteiger partial charge in [-0.2, -0.15) is 0 Å². The lowest BCUT2D eigenvalue weighted by atomic mass is 10.0. The Morgan fingerprint density at radius 2 is 1.15 bits per heavy atom. The molecule has 0 aromatic heterocycles. The molecule has 0 aromatic carbocycles. The van der Waals surface area contributed by atoms with Crippen molar-refractivity contribution in [2.75, 3.05) is 19.7 Å². The number of hydrogen-bond acceptors (Lipinski definition) is 3. The first-order valence-electron chi connectivity index (χ1n) is 11.2. The monoisotopic (exact) mass is 447 g/mol. The van der Waals surface area contributed by atoms with Gasteiger partial charge in [-0.15, -0.1) is 17.0 Å². The molecule has 0 unspecified atom stereocenters. The minimum absolute atomic E-state index is 0. The average Bonchev–Trinajstić information content (AvgIpc) is 2.63. The van der Waals surface area contributed by atoms with Crippen molar-refractivity contribution in [3.05, 3.63) is 12.2 Å².